The first-order valence-corrected chi connectivity index (χ1v) is 5.12. The van der Waals surface area contributed by atoms with E-state index in [0.29, 0.717) is 0 Å². The molecule has 2 heteroatoms. The second-order valence-electron chi connectivity index (χ2n) is 3.55. The summed E-state index contributed by atoms with van der Waals surface area (Å²) >= 11 is 0. The van der Waals surface area contributed by atoms with E-state index in [9.17, 15) is 0 Å². The zero-order valence-electron chi connectivity index (χ0n) is 8.59. The van der Waals surface area contributed by atoms with E-state index in [4.69, 9.17) is 0 Å². The molecule has 1 aromatic carbocycles. The quantitative estimate of drug-likeness (QED) is 0.610. The standard InChI is InChI=1S/C14H9N2/c1-2-6-13-11(4-1)7-8-14(16-13)12-5-3-9-15-10-12/h1-9H. The molecular weight excluding hydrogens is 196 g/mol. The third-order valence-corrected chi connectivity index (χ3v) is 2.48. The Labute approximate surface area is 93.6 Å². The second-order valence-corrected chi connectivity index (χ2v) is 3.55. The fraction of sp³-hybridized carbons (Fsp3) is 0. The van der Waals surface area contributed by atoms with Gasteiger partial charge in [-0.1, -0.05) is 24.3 Å². The van der Waals surface area contributed by atoms with Gasteiger partial charge in [0.1, 0.15) is 0 Å². The van der Waals surface area contributed by atoms with Gasteiger partial charge in [0.2, 0.25) is 0 Å². The van der Waals surface area contributed by atoms with Gasteiger partial charge in [-0.25, -0.2) is 4.98 Å². The summed E-state index contributed by atoms with van der Waals surface area (Å²) in [6, 6.07) is 16.0. The van der Waals surface area contributed by atoms with Crippen molar-refractivity contribution >= 4 is 10.9 Å². The lowest BCUT2D eigenvalue weighted by molar-refractivity contribution is 1.29. The molecule has 0 aliphatic rings. The van der Waals surface area contributed by atoms with Gasteiger partial charge in [-0.2, -0.15) is 0 Å². The van der Waals surface area contributed by atoms with Crippen LogP contribution in [0.4, 0.5) is 0 Å². The molecule has 0 saturated heterocycles. The van der Waals surface area contributed by atoms with Gasteiger partial charge in [0.15, 0.2) is 0 Å². The fourth-order valence-corrected chi connectivity index (χ4v) is 1.69. The lowest BCUT2D eigenvalue weighted by Gasteiger charge is -2.01. The molecule has 0 atom stereocenters. The second kappa shape index (κ2) is 3.74. The first-order valence-electron chi connectivity index (χ1n) is 5.12. The average Bonchev–Trinajstić information content (AvgIpc) is 2.39. The Kier molecular flexibility index (Phi) is 2.11. The van der Waals surface area contributed by atoms with Gasteiger partial charge in [-0.15, -0.1) is 0 Å². The first kappa shape index (κ1) is 9.04. The fourth-order valence-electron chi connectivity index (χ4n) is 1.69. The van der Waals surface area contributed by atoms with Gasteiger partial charge >= 0.3 is 0 Å². The highest BCUT2D eigenvalue weighted by Crippen LogP contribution is 2.19. The number of nitrogens with zero attached hydrogens (tertiary/aromatic N) is 2. The molecule has 0 fully saturated rings. The van der Waals surface area contributed by atoms with Crippen LogP contribution in [0.1, 0.15) is 0 Å². The van der Waals surface area contributed by atoms with Crippen molar-refractivity contribution < 1.29 is 0 Å². The average molecular weight is 205 g/mol. The third-order valence-electron chi connectivity index (χ3n) is 2.48. The first-order chi connectivity index (χ1) is 7.93. The zero-order chi connectivity index (χ0) is 10.8. The number of hydrogen-bond acceptors (Lipinski definition) is 2. The van der Waals surface area contributed by atoms with Gasteiger partial charge < -0.3 is 0 Å². The smallest absolute Gasteiger partial charge is 0.0987 e. The molecule has 0 aliphatic carbocycles. The van der Waals surface area contributed by atoms with Gasteiger partial charge in [-0.05, 0) is 24.3 Å². The van der Waals surface area contributed by atoms with Crippen LogP contribution in [0.2, 0.25) is 0 Å². The van der Waals surface area contributed by atoms with Gasteiger partial charge in [0, 0.05) is 17.1 Å². The number of pyridine rings is 2. The maximum absolute atomic E-state index is 4.57. The van der Waals surface area contributed by atoms with Crippen LogP contribution in [0.5, 0.6) is 0 Å². The largest absolute Gasteiger partial charge is 0.254 e. The van der Waals surface area contributed by atoms with Crippen molar-refractivity contribution in [1.82, 2.24) is 9.97 Å². The van der Waals surface area contributed by atoms with E-state index in [-0.39, 0.29) is 0 Å². The van der Waals surface area contributed by atoms with Crippen LogP contribution in [-0.4, -0.2) is 9.97 Å². The van der Waals surface area contributed by atoms with Crippen LogP contribution in [0.15, 0.2) is 54.7 Å². The van der Waals surface area contributed by atoms with Crippen molar-refractivity contribution in [2.75, 3.05) is 0 Å². The molecule has 0 N–H and O–H groups in total. The summed E-state index contributed by atoms with van der Waals surface area (Å²) in [5.41, 5.74) is 2.83. The minimum absolute atomic E-state index is 0.909. The van der Waals surface area contributed by atoms with Crippen LogP contribution < -0.4 is 0 Å². The topological polar surface area (TPSA) is 25.8 Å². The molecule has 0 bridgehead atoms. The summed E-state index contributed by atoms with van der Waals surface area (Å²) in [7, 11) is 0. The molecule has 3 rings (SSSR count). The molecule has 0 saturated carbocycles. The van der Waals surface area contributed by atoms with Gasteiger partial charge in [-0.3, -0.25) is 4.98 Å². The van der Waals surface area contributed by atoms with Crippen molar-refractivity contribution in [2.24, 2.45) is 0 Å². The molecule has 2 aromatic heterocycles. The van der Waals surface area contributed by atoms with Crippen molar-refractivity contribution in [3.63, 3.8) is 0 Å². The van der Waals surface area contributed by atoms with Crippen LogP contribution in [0, 0.1) is 6.20 Å². The van der Waals surface area contributed by atoms with Crippen LogP contribution in [0.25, 0.3) is 22.2 Å². The van der Waals surface area contributed by atoms with E-state index >= 15 is 0 Å². The Morgan fingerprint density at radius 3 is 2.69 bits per heavy atom. The summed E-state index contributed by atoms with van der Waals surface area (Å²) in [6.45, 7) is 0. The lowest BCUT2D eigenvalue weighted by Crippen LogP contribution is -1.85. The summed E-state index contributed by atoms with van der Waals surface area (Å²) in [6.07, 6.45) is 4.65. The lowest BCUT2D eigenvalue weighted by atomic mass is 10.1. The molecule has 16 heavy (non-hydrogen) atoms. The predicted octanol–water partition coefficient (Wildman–Crippen LogP) is 3.10. The molecular formula is C14H9N2. The van der Waals surface area contributed by atoms with E-state index in [1.165, 1.54) is 0 Å². The van der Waals surface area contributed by atoms with E-state index in [1.807, 2.05) is 36.4 Å². The summed E-state index contributed by atoms with van der Waals surface area (Å²) in [5, 5.41) is 1.15. The number of benzene rings is 1. The van der Waals surface area contributed by atoms with Crippen LogP contribution in [-0.2, 0) is 0 Å². The normalized spacial score (nSPS) is 10.5. The molecule has 3 aromatic rings. The SMILES string of the molecule is [c]1ncccc1-c1ccc2ccccc2n1. The monoisotopic (exact) mass is 205 g/mol. The molecule has 0 spiro atoms. The van der Waals surface area contributed by atoms with E-state index in [1.54, 1.807) is 6.20 Å². The minimum Gasteiger partial charge on any atom is -0.254 e. The maximum atomic E-state index is 4.57. The maximum Gasteiger partial charge on any atom is 0.0987 e. The highest BCUT2D eigenvalue weighted by Gasteiger charge is 2.00. The van der Waals surface area contributed by atoms with Crippen molar-refractivity contribution in [3.8, 4) is 11.3 Å². The van der Waals surface area contributed by atoms with Gasteiger partial charge in [0.25, 0.3) is 0 Å². The Morgan fingerprint density at radius 1 is 0.875 bits per heavy atom. The molecule has 75 valence electrons. The number of fused-ring (bicyclic) bond motifs is 1. The predicted molar refractivity (Wildman–Crippen MR) is 63.8 cm³/mol. The van der Waals surface area contributed by atoms with Crippen molar-refractivity contribution in [1.29, 1.82) is 0 Å². The Morgan fingerprint density at radius 2 is 1.81 bits per heavy atom. The van der Waals surface area contributed by atoms with Crippen LogP contribution in [0.3, 0.4) is 0 Å². The summed E-state index contributed by atoms with van der Waals surface area (Å²) < 4.78 is 0. The molecule has 0 unspecified atom stereocenters. The number of rotatable bonds is 1. The van der Waals surface area contributed by atoms with E-state index < -0.39 is 0 Å². The van der Waals surface area contributed by atoms with Gasteiger partial charge in [0.05, 0.1) is 17.4 Å². The van der Waals surface area contributed by atoms with Crippen molar-refractivity contribution in [2.45, 2.75) is 0 Å². The molecule has 2 nitrogen and oxygen atoms in total. The zero-order valence-corrected chi connectivity index (χ0v) is 8.59. The third kappa shape index (κ3) is 1.54. The van der Waals surface area contributed by atoms with Crippen LogP contribution >= 0.6 is 0 Å². The summed E-state index contributed by atoms with van der Waals surface area (Å²) in [4.78, 5) is 8.55. The number of aromatic nitrogens is 2. The Balaban J connectivity index is 2.19. The van der Waals surface area contributed by atoms with E-state index in [0.717, 1.165) is 22.2 Å². The highest BCUT2D eigenvalue weighted by atomic mass is 14.7. The number of para-hydroxylation sites is 1. The molecule has 1 radical (unpaired) electrons. The molecule has 0 amide bonds. The Bertz CT molecular complexity index is 618. The highest BCUT2D eigenvalue weighted by molar-refractivity contribution is 5.81. The number of hydrogen-bond donors (Lipinski definition) is 0. The van der Waals surface area contributed by atoms with Crippen molar-refractivity contribution in [3.05, 3.63) is 60.9 Å². The minimum atomic E-state index is 0.909. The molecule has 2 heterocycles. The van der Waals surface area contributed by atoms with E-state index in [2.05, 4.69) is 28.3 Å². The summed E-state index contributed by atoms with van der Waals surface area (Å²) in [5.74, 6) is 0. The molecule has 0 aliphatic heterocycles. The Hall–Kier alpha value is -2.22.